The van der Waals surface area contributed by atoms with Gasteiger partial charge in [0.1, 0.15) is 12.2 Å². The van der Waals surface area contributed by atoms with E-state index in [0.717, 1.165) is 6.42 Å². The minimum Gasteiger partial charge on any atom is -0.378 e. The number of aromatic amines is 1. The van der Waals surface area contributed by atoms with Gasteiger partial charge < -0.3 is 10.1 Å². The van der Waals surface area contributed by atoms with Crippen LogP contribution in [0.4, 0.5) is 0 Å². The number of rotatable bonds is 3. The fraction of sp³-hybridized carbons (Fsp3) is 0.700. The van der Waals surface area contributed by atoms with Crippen molar-refractivity contribution >= 4 is 5.91 Å². The van der Waals surface area contributed by atoms with Crippen molar-refractivity contribution in [2.75, 3.05) is 6.61 Å². The second-order valence-electron chi connectivity index (χ2n) is 4.18. The van der Waals surface area contributed by atoms with Gasteiger partial charge in [0.25, 0.3) is 0 Å². The first kappa shape index (κ1) is 11.1. The highest BCUT2D eigenvalue weighted by atomic mass is 16.5. The van der Waals surface area contributed by atoms with Crippen LogP contribution in [-0.2, 0) is 9.53 Å². The fourth-order valence-corrected chi connectivity index (χ4v) is 1.82. The van der Waals surface area contributed by atoms with Gasteiger partial charge in [-0.15, -0.1) is 0 Å². The topological polar surface area (TPSA) is 79.9 Å². The Hall–Kier alpha value is -1.43. The van der Waals surface area contributed by atoms with E-state index in [1.54, 1.807) is 0 Å². The lowest BCUT2D eigenvalue weighted by Gasteiger charge is -2.13. The van der Waals surface area contributed by atoms with Crippen molar-refractivity contribution in [1.29, 1.82) is 0 Å². The molecule has 6 heteroatoms. The Kier molecular flexibility index (Phi) is 3.19. The summed E-state index contributed by atoms with van der Waals surface area (Å²) >= 11 is 0. The molecule has 2 N–H and O–H groups in total. The molecule has 1 aromatic heterocycles. The lowest BCUT2D eigenvalue weighted by Crippen LogP contribution is -2.33. The predicted molar refractivity (Wildman–Crippen MR) is 56.5 cm³/mol. The number of aromatic nitrogens is 3. The van der Waals surface area contributed by atoms with Gasteiger partial charge >= 0.3 is 0 Å². The predicted octanol–water partition coefficient (Wildman–Crippen LogP) is 0.407. The molecule has 0 aromatic carbocycles. The second kappa shape index (κ2) is 4.61. The van der Waals surface area contributed by atoms with Crippen LogP contribution in [0.5, 0.6) is 0 Å². The minimum absolute atomic E-state index is 0.0215. The summed E-state index contributed by atoms with van der Waals surface area (Å²) in [6.45, 7) is 4.36. The average molecular weight is 224 g/mol. The zero-order chi connectivity index (χ0) is 11.5. The number of carbonyl (C=O) groups is 1. The minimum atomic E-state index is -0.147. The highest BCUT2D eigenvalue weighted by Crippen LogP contribution is 2.20. The second-order valence-corrected chi connectivity index (χ2v) is 4.18. The van der Waals surface area contributed by atoms with E-state index in [-0.39, 0.29) is 24.0 Å². The van der Waals surface area contributed by atoms with Crippen molar-refractivity contribution in [2.24, 2.45) is 5.92 Å². The van der Waals surface area contributed by atoms with E-state index < -0.39 is 0 Å². The van der Waals surface area contributed by atoms with Gasteiger partial charge in [-0.25, -0.2) is 4.98 Å². The monoisotopic (exact) mass is 224 g/mol. The van der Waals surface area contributed by atoms with Crippen molar-refractivity contribution in [1.82, 2.24) is 20.5 Å². The van der Waals surface area contributed by atoms with E-state index in [1.807, 2.05) is 13.8 Å². The SMILES string of the molecule is CC1CC(C(=O)NC(C)c2ncn[nH]2)CO1. The van der Waals surface area contributed by atoms with Gasteiger partial charge in [-0.3, -0.25) is 9.89 Å². The molecular weight excluding hydrogens is 208 g/mol. The number of nitrogens with one attached hydrogen (secondary N) is 2. The van der Waals surface area contributed by atoms with E-state index in [4.69, 9.17) is 4.74 Å². The zero-order valence-corrected chi connectivity index (χ0v) is 9.43. The largest absolute Gasteiger partial charge is 0.378 e. The summed E-state index contributed by atoms with van der Waals surface area (Å²) in [7, 11) is 0. The van der Waals surface area contributed by atoms with Gasteiger partial charge in [0.15, 0.2) is 0 Å². The summed E-state index contributed by atoms with van der Waals surface area (Å²) < 4.78 is 5.36. The molecule has 0 saturated carbocycles. The van der Waals surface area contributed by atoms with Crippen LogP contribution in [0, 0.1) is 5.92 Å². The summed E-state index contributed by atoms with van der Waals surface area (Å²) in [5.41, 5.74) is 0. The van der Waals surface area contributed by atoms with Crippen LogP contribution >= 0.6 is 0 Å². The highest BCUT2D eigenvalue weighted by molar-refractivity contribution is 5.79. The Labute approximate surface area is 93.8 Å². The molecule has 1 amide bonds. The van der Waals surface area contributed by atoms with Crippen molar-refractivity contribution in [3.63, 3.8) is 0 Å². The summed E-state index contributed by atoms with van der Waals surface area (Å²) in [4.78, 5) is 15.8. The van der Waals surface area contributed by atoms with Gasteiger partial charge in [0.2, 0.25) is 5.91 Å². The molecular formula is C10H16N4O2. The van der Waals surface area contributed by atoms with Gasteiger partial charge in [-0.1, -0.05) is 0 Å². The standard InChI is InChI=1S/C10H16N4O2/c1-6-3-8(4-16-6)10(15)13-7(2)9-11-5-12-14-9/h5-8H,3-4H2,1-2H3,(H,13,15)(H,11,12,14). The number of hydrogen-bond acceptors (Lipinski definition) is 4. The highest BCUT2D eigenvalue weighted by Gasteiger charge is 2.29. The molecule has 3 unspecified atom stereocenters. The summed E-state index contributed by atoms with van der Waals surface area (Å²) in [6, 6.07) is -0.147. The molecule has 0 aliphatic carbocycles. The number of nitrogens with zero attached hydrogens (tertiary/aromatic N) is 2. The van der Waals surface area contributed by atoms with Crippen molar-refractivity contribution < 1.29 is 9.53 Å². The van der Waals surface area contributed by atoms with Crippen LogP contribution in [0.25, 0.3) is 0 Å². The molecule has 0 spiro atoms. The van der Waals surface area contributed by atoms with E-state index >= 15 is 0 Å². The molecule has 2 rings (SSSR count). The van der Waals surface area contributed by atoms with Crippen molar-refractivity contribution in [2.45, 2.75) is 32.4 Å². The Morgan fingerprint density at radius 1 is 1.75 bits per heavy atom. The molecule has 1 aliphatic rings. The van der Waals surface area contributed by atoms with Crippen LogP contribution in [0.15, 0.2) is 6.33 Å². The smallest absolute Gasteiger partial charge is 0.226 e. The number of hydrogen-bond donors (Lipinski definition) is 2. The number of H-pyrrole nitrogens is 1. The number of ether oxygens (including phenoxy) is 1. The van der Waals surface area contributed by atoms with E-state index in [9.17, 15) is 4.79 Å². The van der Waals surface area contributed by atoms with Gasteiger partial charge in [0.05, 0.1) is 24.7 Å². The molecule has 1 aromatic rings. The van der Waals surface area contributed by atoms with Crippen LogP contribution in [-0.4, -0.2) is 33.8 Å². The molecule has 2 heterocycles. The van der Waals surface area contributed by atoms with Crippen LogP contribution in [0.3, 0.4) is 0 Å². The van der Waals surface area contributed by atoms with Crippen LogP contribution in [0.1, 0.15) is 32.1 Å². The molecule has 6 nitrogen and oxygen atoms in total. The third-order valence-corrected chi connectivity index (χ3v) is 2.77. The molecule has 3 atom stereocenters. The normalized spacial score (nSPS) is 26.6. The van der Waals surface area contributed by atoms with Crippen molar-refractivity contribution in [3.8, 4) is 0 Å². The first-order valence-corrected chi connectivity index (χ1v) is 5.44. The van der Waals surface area contributed by atoms with Crippen LogP contribution in [0.2, 0.25) is 0 Å². The first-order chi connectivity index (χ1) is 7.66. The molecule has 0 radical (unpaired) electrons. The average Bonchev–Trinajstić information content (AvgIpc) is 2.87. The summed E-state index contributed by atoms with van der Waals surface area (Å²) in [6.07, 6.45) is 2.39. The Morgan fingerprint density at radius 2 is 2.56 bits per heavy atom. The number of amides is 1. The first-order valence-electron chi connectivity index (χ1n) is 5.44. The van der Waals surface area contributed by atoms with E-state index in [1.165, 1.54) is 6.33 Å². The molecule has 88 valence electrons. The molecule has 0 bridgehead atoms. The third kappa shape index (κ3) is 2.38. The maximum absolute atomic E-state index is 11.8. The number of carbonyl (C=O) groups excluding carboxylic acids is 1. The van der Waals surface area contributed by atoms with Gasteiger partial charge in [-0.05, 0) is 20.3 Å². The van der Waals surface area contributed by atoms with E-state index in [0.29, 0.717) is 12.4 Å². The maximum Gasteiger partial charge on any atom is 0.226 e. The Morgan fingerprint density at radius 3 is 3.12 bits per heavy atom. The molecule has 1 aliphatic heterocycles. The third-order valence-electron chi connectivity index (χ3n) is 2.77. The molecule has 1 saturated heterocycles. The lowest BCUT2D eigenvalue weighted by molar-refractivity contribution is -0.125. The lowest BCUT2D eigenvalue weighted by atomic mass is 10.1. The summed E-state index contributed by atoms with van der Waals surface area (Å²) in [5.74, 6) is 0.647. The van der Waals surface area contributed by atoms with Gasteiger partial charge in [-0.2, -0.15) is 5.10 Å². The van der Waals surface area contributed by atoms with Crippen molar-refractivity contribution in [3.05, 3.63) is 12.2 Å². The maximum atomic E-state index is 11.8. The van der Waals surface area contributed by atoms with E-state index in [2.05, 4.69) is 20.5 Å². The Balaban J connectivity index is 1.88. The molecule has 16 heavy (non-hydrogen) atoms. The van der Waals surface area contributed by atoms with Gasteiger partial charge in [0, 0.05) is 0 Å². The quantitative estimate of drug-likeness (QED) is 0.779. The molecule has 1 fully saturated rings. The summed E-state index contributed by atoms with van der Waals surface area (Å²) in [5, 5.41) is 9.37. The zero-order valence-electron chi connectivity index (χ0n) is 9.43. The fourth-order valence-electron chi connectivity index (χ4n) is 1.82. The Bertz CT molecular complexity index is 352. The van der Waals surface area contributed by atoms with Crippen LogP contribution < -0.4 is 5.32 Å².